The van der Waals surface area contributed by atoms with Crippen LogP contribution in [0.25, 0.3) is 15.3 Å². The molecule has 1 aliphatic carbocycles. The van der Waals surface area contributed by atoms with Crippen LogP contribution in [0.2, 0.25) is 0 Å². The number of likely N-dealkylation sites (tertiary alicyclic amines) is 1. The van der Waals surface area contributed by atoms with E-state index in [1.807, 2.05) is 19.3 Å². The number of amides is 2. The van der Waals surface area contributed by atoms with Crippen LogP contribution >= 0.6 is 11.3 Å². The Kier molecular flexibility index (Phi) is 6.46. The molecular formula is C26H30N8O3S. The first kappa shape index (κ1) is 24.7. The van der Waals surface area contributed by atoms with Gasteiger partial charge in [-0.25, -0.2) is 4.52 Å². The number of aliphatic hydroxyl groups is 1. The molecule has 12 heteroatoms. The first-order chi connectivity index (χ1) is 18.4. The molecule has 0 atom stereocenters. The zero-order valence-corrected chi connectivity index (χ0v) is 22.0. The van der Waals surface area contributed by atoms with Gasteiger partial charge in [-0.2, -0.15) is 10.2 Å². The Hall–Kier alpha value is -3.61. The minimum Gasteiger partial charge on any atom is -0.394 e. The lowest BCUT2D eigenvalue weighted by atomic mass is 9.75. The number of pyridine rings is 1. The number of aliphatic hydroxyl groups excluding tert-OH is 1. The number of fused-ring (bicyclic) bond motifs is 1. The van der Waals surface area contributed by atoms with Crippen molar-refractivity contribution in [2.45, 2.75) is 51.1 Å². The molecule has 4 aromatic heterocycles. The van der Waals surface area contributed by atoms with Crippen LogP contribution in [-0.4, -0.2) is 71.4 Å². The highest BCUT2D eigenvalue weighted by Crippen LogP contribution is 2.45. The number of nitrogens with one attached hydrogen (secondary N) is 2. The number of carbonyl (C=O) groups is 2. The summed E-state index contributed by atoms with van der Waals surface area (Å²) in [5.41, 5.74) is 3.30. The van der Waals surface area contributed by atoms with Crippen LogP contribution in [0.15, 0.2) is 37.1 Å². The average Bonchev–Trinajstić information content (AvgIpc) is 3.63. The van der Waals surface area contributed by atoms with E-state index >= 15 is 0 Å². The quantitative estimate of drug-likeness (QED) is 0.317. The van der Waals surface area contributed by atoms with Crippen LogP contribution in [-0.2, 0) is 11.3 Å². The molecule has 6 rings (SSSR count). The maximum Gasteiger partial charge on any atom is 0.260 e. The second-order valence-corrected chi connectivity index (χ2v) is 11.1. The van der Waals surface area contributed by atoms with E-state index in [9.17, 15) is 9.59 Å². The van der Waals surface area contributed by atoms with Gasteiger partial charge in [0, 0.05) is 23.5 Å². The zero-order valence-electron chi connectivity index (χ0n) is 21.2. The molecule has 1 saturated heterocycles. The van der Waals surface area contributed by atoms with Gasteiger partial charge in [0.15, 0.2) is 0 Å². The summed E-state index contributed by atoms with van der Waals surface area (Å²) in [5, 5.41) is 23.6. The van der Waals surface area contributed by atoms with E-state index in [2.05, 4.69) is 30.7 Å². The van der Waals surface area contributed by atoms with Crippen LogP contribution in [0.3, 0.4) is 0 Å². The fourth-order valence-corrected chi connectivity index (χ4v) is 6.51. The maximum atomic E-state index is 13.2. The Balaban J connectivity index is 1.15. The van der Waals surface area contributed by atoms with E-state index in [-0.39, 0.29) is 24.0 Å². The largest absolute Gasteiger partial charge is 0.394 e. The summed E-state index contributed by atoms with van der Waals surface area (Å²) in [6.07, 6.45) is 14.5. The molecule has 2 amide bonds. The van der Waals surface area contributed by atoms with Crippen molar-refractivity contribution >= 4 is 39.4 Å². The van der Waals surface area contributed by atoms with Crippen LogP contribution in [0.1, 0.15) is 48.2 Å². The summed E-state index contributed by atoms with van der Waals surface area (Å²) >= 11 is 1.44. The van der Waals surface area contributed by atoms with Crippen molar-refractivity contribution in [3.8, 4) is 10.4 Å². The molecule has 198 valence electrons. The normalized spacial score (nSPS) is 16.7. The Bertz CT molecular complexity index is 1500. The van der Waals surface area contributed by atoms with Gasteiger partial charge in [0.1, 0.15) is 4.83 Å². The predicted octanol–water partition coefficient (Wildman–Crippen LogP) is 3.16. The van der Waals surface area contributed by atoms with E-state index in [1.54, 1.807) is 33.9 Å². The number of aryl methyl sites for hydroxylation is 1. The number of hydrogen-bond acceptors (Lipinski definition) is 8. The summed E-state index contributed by atoms with van der Waals surface area (Å²) in [7, 11) is 0. The van der Waals surface area contributed by atoms with E-state index < -0.39 is 0 Å². The second kappa shape index (κ2) is 9.93. The smallest absolute Gasteiger partial charge is 0.260 e. The number of rotatable bonds is 8. The van der Waals surface area contributed by atoms with E-state index in [4.69, 9.17) is 5.11 Å². The molecule has 3 N–H and O–H groups in total. The Morgan fingerprint density at radius 3 is 2.74 bits per heavy atom. The van der Waals surface area contributed by atoms with Gasteiger partial charge in [-0.05, 0) is 51.6 Å². The van der Waals surface area contributed by atoms with Crippen LogP contribution < -0.4 is 10.6 Å². The number of aromatic nitrogens is 5. The first-order valence-electron chi connectivity index (χ1n) is 12.9. The van der Waals surface area contributed by atoms with Crippen molar-refractivity contribution in [1.82, 2.24) is 29.3 Å². The number of carbonyl (C=O) groups excluding carboxylic acids is 2. The maximum absolute atomic E-state index is 13.2. The van der Waals surface area contributed by atoms with Crippen LogP contribution in [0.5, 0.6) is 0 Å². The number of hydrogen-bond donors (Lipinski definition) is 3. The standard InChI is InChI=1S/C26H30N8O3S/c1-17-21(10-19(12-27-17)30-23(36)16-32-7-3-6-26(32)4-2-5-26)31-24(37)20-13-29-34-15-22(38-25(20)34)18-11-28-33(14-18)8-9-35/h10-15,35H,2-9,16H2,1H3,(H,30,36)(H,31,37). The third-order valence-electron chi connectivity index (χ3n) is 7.67. The highest BCUT2D eigenvalue weighted by atomic mass is 32.1. The van der Waals surface area contributed by atoms with Gasteiger partial charge in [0.25, 0.3) is 5.91 Å². The van der Waals surface area contributed by atoms with Gasteiger partial charge < -0.3 is 15.7 Å². The Morgan fingerprint density at radius 2 is 1.95 bits per heavy atom. The number of thiazole rings is 1. The molecule has 0 unspecified atom stereocenters. The van der Waals surface area contributed by atoms with Crippen molar-refractivity contribution in [2.24, 2.45) is 0 Å². The zero-order chi connectivity index (χ0) is 26.3. The minimum absolute atomic E-state index is 0.0114. The molecule has 1 spiro atoms. The SMILES string of the molecule is Cc1ncc(NC(=O)CN2CCCC23CCC3)cc1NC(=O)c1cnn2cc(-c3cnn(CCO)c3)sc12. The summed E-state index contributed by atoms with van der Waals surface area (Å²) in [6.45, 7) is 3.59. The third kappa shape index (κ3) is 4.59. The van der Waals surface area contributed by atoms with Gasteiger partial charge in [0.2, 0.25) is 5.91 Å². The third-order valence-corrected chi connectivity index (χ3v) is 8.83. The topological polar surface area (TPSA) is 130 Å². The fraction of sp³-hybridized carbons (Fsp3) is 0.423. The molecule has 2 aliphatic rings. The molecule has 11 nitrogen and oxygen atoms in total. The molecule has 0 aromatic carbocycles. The van der Waals surface area contributed by atoms with Crippen molar-refractivity contribution in [3.05, 3.63) is 48.3 Å². The Morgan fingerprint density at radius 1 is 1.11 bits per heavy atom. The number of nitrogens with zero attached hydrogens (tertiary/aromatic N) is 6. The summed E-state index contributed by atoms with van der Waals surface area (Å²) < 4.78 is 3.34. The highest BCUT2D eigenvalue weighted by molar-refractivity contribution is 7.21. The van der Waals surface area contributed by atoms with Crippen LogP contribution in [0, 0.1) is 6.92 Å². The predicted molar refractivity (Wildman–Crippen MR) is 144 cm³/mol. The lowest BCUT2D eigenvalue weighted by Crippen LogP contribution is -2.51. The average molecular weight is 535 g/mol. The summed E-state index contributed by atoms with van der Waals surface area (Å²) in [5.74, 6) is -0.366. The van der Waals surface area contributed by atoms with Gasteiger partial charge in [0.05, 0.1) is 65.8 Å². The summed E-state index contributed by atoms with van der Waals surface area (Å²) in [4.78, 5) is 34.4. The van der Waals surface area contributed by atoms with E-state index in [0.29, 0.717) is 40.6 Å². The minimum atomic E-state index is -0.304. The molecule has 2 fully saturated rings. The van der Waals surface area contributed by atoms with Gasteiger partial charge >= 0.3 is 0 Å². The van der Waals surface area contributed by atoms with Crippen molar-refractivity contribution in [3.63, 3.8) is 0 Å². The van der Waals surface area contributed by atoms with Gasteiger partial charge in [-0.15, -0.1) is 11.3 Å². The summed E-state index contributed by atoms with van der Waals surface area (Å²) in [6, 6.07) is 1.75. The molecule has 1 saturated carbocycles. The van der Waals surface area contributed by atoms with Crippen molar-refractivity contribution < 1.29 is 14.7 Å². The second-order valence-electron chi connectivity index (χ2n) is 10.1. The van der Waals surface area contributed by atoms with Crippen molar-refractivity contribution in [1.29, 1.82) is 0 Å². The highest BCUT2D eigenvalue weighted by Gasteiger charge is 2.45. The van der Waals surface area contributed by atoms with Gasteiger partial charge in [-0.1, -0.05) is 0 Å². The van der Waals surface area contributed by atoms with Gasteiger partial charge in [-0.3, -0.25) is 24.2 Å². The molecule has 4 aromatic rings. The molecule has 5 heterocycles. The van der Waals surface area contributed by atoms with E-state index in [1.165, 1.54) is 37.0 Å². The van der Waals surface area contributed by atoms with Crippen molar-refractivity contribution in [2.75, 3.05) is 30.3 Å². The Labute approximate surface area is 223 Å². The molecular weight excluding hydrogens is 504 g/mol. The monoisotopic (exact) mass is 534 g/mol. The molecule has 0 bridgehead atoms. The number of anilines is 2. The van der Waals surface area contributed by atoms with E-state index in [0.717, 1.165) is 23.4 Å². The lowest BCUT2D eigenvalue weighted by molar-refractivity contribution is -0.119. The first-order valence-corrected chi connectivity index (χ1v) is 13.7. The van der Waals surface area contributed by atoms with Crippen LogP contribution in [0.4, 0.5) is 11.4 Å². The fourth-order valence-electron chi connectivity index (χ4n) is 5.47. The lowest BCUT2D eigenvalue weighted by Gasteiger charge is -2.45. The molecule has 38 heavy (non-hydrogen) atoms. The molecule has 0 radical (unpaired) electrons. The molecule has 1 aliphatic heterocycles.